The molecule has 6 amide bonds. The minimum absolute atomic E-state index is 0.0987. The van der Waals surface area contributed by atoms with Gasteiger partial charge in [-0.2, -0.15) is 5.06 Å². The number of carbonyl (C=O) groups excluding carboxylic acids is 6. The number of likely N-dealkylation sites (tertiary alicyclic amines) is 1. The molecule has 4 rings (SSSR count). The fourth-order valence-corrected chi connectivity index (χ4v) is 9.30. The van der Waals surface area contributed by atoms with Crippen molar-refractivity contribution in [2.45, 2.75) is 181 Å². The second kappa shape index (κ2) is 25.4. The molecule has 2 aromatic rings. The number of hydroxylamine groups is 2. The van der Waals surface area contributed by atoms with Gasteiger partial charge in [0.1, 0.15) is 30.3 Å². The van der Waals surface area contributed by atoms with Gasteiger partial charge in [0, 0.05) is 30.2 Å². The summed E-state index contributed by atoms with van der Waals surface area (Å²) in [6, 6.07) is 15.2. The van der Waals surface area contributed by atoms with E-state index in [4.69, 9.17) is 9.47 Å². The molecule has 6 N–H and O–H groups in total. The molecule has 0 aliphatic carbocycles. The normalized spacial score (nSPS) is 19.0. The number of nitrogens with zero attached hydrogens (tertiary/aromatic N) is 2. The molecule has 2 aliphatic heterocycles. The number of carbonyl (C=O) groups is 6. The number of hydrogen-bond donors (Lipinski definition) is 6. The SMILES string of the molecule is CC(C)C[C@@H](/C=C/[C@H](Cc1ccccc1)C(=O)N1CCC[C@@H]1C(=O)N[C@H](C(=O)N[C@@H](CCCNC(=O)OCc1ccccc1)C(=O)NC1CC(C)(C)N(O)C(C)(C)C1)C(C)C)NC(=O)OC(C)(C)C. The first-order valence-electron chi connectivity index (χ1n) is 24.7. The highest BCUT2D eigenvalue weighted by Crippen LogP contribution is 2.36. The number of amides is 6. The molecule has 0 unspecified atom stereocenters. The monoisotopic (exact) mass is 960 g/mol. The number of piperidine rings is 1. The first kappa shape index (κ1) is 56.1. The molecule has 16 nitrogen and oxygen atoms in total. The predicted octanol–water partition coefficient (Wildman–Crippen LogP) is 7.19. The third-order valence-corrected chi connectivity index (χ3v) is 12.5. The van der Waals surface area contributed by atoms with Gasteiger partial charge in [-0.1, -0.05) is 101 Å². The van der Waals surface area contributed by atoms with Crippen LogP contribution in [0.15, 0.2) is 72.8 Å². The molecule has 2 fully saturated rings. The summed E-state index contributed by atoms with van der Waals surface area (Å²) in [7, 11) is 0. The van der Waals surface area contributed by atoms with Crippen molar-refractivity contribution in [1.29, 1.82) is 0 Å². The van der Waals surface area contributed by atoms with Crippen molar-refractivity contribution in [1.82, 2.24) is 36.5 Å². The van der Waals surface area contributed by atoms with Crippen molar-refractivity contribution in [2.75, 3.05) is 13.1 Å². The maximum Gasteiger partial charge on any atom is 0.408 e. The molecule has 0 spiro atoms. The zero-order valence-electron chi connectivity index (χ0n) is 42.9. The van der Waals surface area contributed by atoms with Gasteiger partial charge in [0.15, 0.2) is 0 Å². The van der Waals surface area contributed by atoms with Crippen LogP contribution in [-0.4, -0.2) is 111 Å². The van der Waals surface area contributed by atoms with E-state index in [1.165, 1.54) is 5.06 Å². The minimum Gasteiger partial charge on any atom is -0.445 e. The molecule has 16 heteroatoms. The molecule has 5 atom stereocenters. The number of rotatable bonds is 21. The van der Waals surface area contributed by atoms with E-state index in [1.807, 2.05) is 114 Å². The Morgan fingerprint density at radius 3 is 2.00 bits per heavy atom. The predicted molar refractivity (Wildman–Crippen MR) is 266 cm³/mol. The van der Waals surface area contributed by atoms with Crippen molar-refractivity contribution in [3.05, 3.63) is 83.9 Å². The summed E-state index contributed by atoms with van der Waals surface area (Å²) >= 11 is 0. The summed E-state index contributed by atoms with van der Waals surface area (Å²) in [6.07, 6.45) is 5.84. The Morgan fingerprint density at radius 1 is 0.812 bits per heavy atom. The van der Waals surface area contributed by atoms with Gasteiger partial charge in [0.2, 0.25) is 23.6 Å². The molecule has 69 heavy (non-hydrogen) atoms. The number of nitrogens with one attached hydrogen (secondary N) is 5. The van der Waals surface area contributed by atoms with E-state index in [-0.39, 0.29) is 37.4 Å². The lowest BCUT2D eigenvalue weighted by Crippen LogP contribution is -2.64. The van der Waals surface area contributed by atoms with Crippen molar-refractivity contribution in [3.63, 3.8) is 0 Å². The van der Waals surface area contributed by atoms with Crippen molar-refractivity contribution in [3.8, 4) is 0 Å². The summed E-state index contributed by atoms with van der Waals surface area (Å²) < 4.78 is 10.9. The lowest BCUT2D eigenvalue weighted by molar-refractivity contribution is -0.246. The standard InChI is InChI=1S/C53H81N7O9/c1-35(2)30-40(56-50(66)69-51(5,6)7)27-26-39(31-37-20-14-12-15-21-37)48(64)59-29-19-25-43(59)46(62)58-44(36(3)4)47(63)57-42(24-18-28-54-49(65)68-34-38-22-16-13-17-23-38)45(61)55-41-32-52(8,9)60(67)53(10,11)33-41/h12-17,20-23,26-27,35-36,39-44,67H,18-19,24-25,28-34H2,1-11H3,(H,54,65)(H,55,61)(H,56,66)(H,57,63)(H,58,62)/b27-26+/t39-,40-,42+,43-,44+/m1/s1. The molecule has 0 radical (unpaired) electrons. The minimum atomic E-state index is -1.05. The van der Waals surface area contributed by atoms with Crippen molar-refractivity contribution < 1.29 is 43.4 Å². The Balaban J connectivity index is 1.50. The molecule has 2 aromatic carbocycles. The average Bonchev–Trinajstić information content (AvgIpc) is 3.76. The molecule has 2 aliphatic rings. The highest BCUT2D eigenvalue weighted by atomic mass is 16.6. The summed E-state index contributed by atoms with van der Waals surface area (Å²) in [5.74, 6) is -2.54. The van der Waals surface area contributed by atoms with Gasteiger partial charge in [-0.25, -0.2) is 9.59 Å². The first-order valence-corrected chi connectivity index (χ1v) is 24.7. The molecule has 2 heterocycles. The fraction of sp³-hybridized carbons (Fsp3) is 0.623. The summed E-state index contributed by atoms with van der Waals surface area (Å²) in [6.45, 7) is 21.3. The van der Waals surface area contributed by atoms with Crippen LogP contribution < -0.4 is 26.6 Å². The average molecular weight is 960 g/mol. The molecular formula is C53H81N7O9. The first-order chi connectivity index (χ1) is 32.3. The summed E-state index contributed by atoms with van der Waals surface area (Å²) in [4.78, 5) is 84.3. The molecule has 0 saturated carbocycles. The van der Waals surface area contributed by atoms with Crippen LogP contribution in [-0.2, 0) is 41.7 Å². The van der Waals surface area contributed by atoms with E-state index >= 15 is 0 Å². The van der Waals surface area contributed by atoms with Crippen LogP contribution in [0.1, 0.15) is 132 Å². The molecular weight excluding hydrogens is 879 g/mol. The van der Waals surface area contributed by atoms with E-state index < -0.39 is 82.6 Å². The quantitative estimate of drug-likeness (QED) is 0.0548. The number of hydrogen-bond acceptors (Lipinski definition) is 10. The highest BCUT2D eigenvalue weighted by molar-refractivity contribution is 5.95. The maximum atomic E-state index is 14.6. The van der Waals surface area contributed by atoms with Crippen molar-refractivity contribution in [2.24, 2.45) is 17.8 Å². The number of ether oxygens (including phenoxy) is 2. The lowest BCUT2D eigenvalue weighted by atomic mass is 9.79. The topological polar surface area (TPSA) is 208 Å². The Kier molecular flexibility index (Phi) is 20.7. The molecule has 0 bridgehead atoms. The van der Waals surface area contributed by atoms with E-state index in [2.05, 4.69) is 26.6 Å². The van der Waals surface area contributed by atoms with Gasteiger partial charge in [-0.3, -0.25) is 19.2 Å². The third-order valence-electron chi connectivity index (χ3n) is 12.5. The van der Waals surface area contributed by atoms with Crippen LogP contribution in [0.4, 0.5) is 9.59 Å². The van der Waals surface area contributed by atoms with Crippen LogP contribution in [0.2, 0.25) is 0 Å². The number of alkyl carbamates (subject to hydrolysis) is 2. The van der Waals surface area contributed by atoms with Crippen LogP contribution in [0, 0.1) is 17.8 Å². The second-order valence-electron chi connectivity index (χ2n) is 21.7. The smallest absolute Gasteiger partial charge is 0.408 e. The highest BCUT2D eigenvalue weighted by Gasteiger charge is 2.46. The maximum absolute atomic E-state index is 14.6. The lowest BCUT2D eigenvalue weighted by Gasteiger charge is -2.51. The second-order valence-corrected chi connectivity index (χ2v) is 21.7. The van der Waals surface area contributed by atoms with Crippen LogP contribution in [0.3, 0.4) is 0 Å². The fourth-order valence-electron chi connectivity index (χ4n) is 9.30. The molecule has 382 valence electrons. The van der Waals surface area contributed by atoms with E-state index in [9.17, 15) is 34.0 Å². The molecule has 0 aromatic heterocycles. The zero-order valence-corrected chi connectivity index (χ0v) is 42.9. The summed E-state index contributed by atoms with van der Waals surface area (Å²) in [5.41, 5.74) is -0.199. The van der Waals surface area contributed by atoms with Gasteiger partial charge < -0.3 is 46.2 Å². The number of benzene rings is 2. The van der Waals surface area contributed by atoms with E-state index in [1.54, 1.807) is 39.5 Å². The van der Waals surface area contributed by atoms with Gasteiger partial charge in [-0.05, 0) is 123 Å². The summed E-state index contributed by atoms with van der Waals surface area (Å²) in [5, 5.41) is 26.9. The van der Waals surface area contributed by atoms with E-state index in [0.29, 0.717) is 51.5 Å². The molecule has 2 saturated heterocycles. The van der Waals surface area contributed by atoms with Gasteiger partial charge >= 0.3 is 12.2 Å². The Labute approximate surface area is 410 Å². The Bertz CT molecular complexity index is 2020. The van der Waals surface area contributed by atoms with Gasteiger partial charge in [0.25, 0.3) is 0 Å². The Hall–Kier alpha value is -5.48. The zero-order chi connectivity index (χ0) is 51.1. The van der Waals surface area contributed by atoms with Gasteiger partial charge in [-0.15, -0.1) is 0 Å². The van der Waals surface area contributed by atoms with E-state index in [0.717, 1.165) is 11.1 Å². The van der Waals surface area contributed by atoms with Crippen LogP contribution in [0.5, 0.6) is 0 Å². The largest absolute Gasteiger partial charge is 0.445 e. The van der Waals surface area contributed by atoms with Crippen molar-refractivity contribution >= 4 is 35.8 Å². The van der Waals surface area contributed by atoms with Crippen LogP contribution in [0.25, 0.3) is 0 Å². The third kappa shape index (κ3) is 18.1. The van der Waals surface area contributed by atoms with Gasteiger partial charge in [0.05, 0.1) is 12.0 Å². The van der Waals surface area contributed by atoms with Crippen LogP contribution >= 0.6 is 0 Å². The Morgan fingerprint density at radius 2 is 1.42 bits per heavy atom.